The molecule has 0 aliphatic heterocycles. The van der Waals surface area contributed by atoms with Crippen LogP contribution in [-0.2, 0) is 6.54 Å². The molecule has 2 heterocycles. The number of aryl methyl sites for hydroxylation is 3. The lowest BCUT2D eigenvalue weighted by Gasteiger charge is -2.05. The lowest BCUT2D eigenvalue weighted by atomic mass is 10.4. The van der Waals surface area contributed by atoms with Gasteiger partial charge < -0.3 is 5.32 Å². The summed E-state index contributed by atoms with van der Waals surface area (Å²) in [6.07, 6.45) is 0. The first-order chi connectivity index (χ1) is 7.63. The van der Waals surface area contributed by atoms with Crippen LogP contribution >= 0.6 is 11.3 Å². The van der Waals surface area contributed by atoms with Gasteiger partial charge in [0.1, 0.15) is 11.6 Å². The smallest absolute Gasteiger partial charge is 0.130 e. The van der Waals surface area contributed by atoms with Crippen molar-refractivity contribution in [1.29, 1.82) is 0 Å². The van der Waals surface area contributed by atoms with Gasteiger partial charge in [-0.25, -0.2) is 9.97 Å². The van der Waals surface area contributed by atoms with Gasteiger partial charge in [0.15, 0.2) is 0 Å². The van der Waals surface area contributed by atoms with Gasteiger partial charge in [-0.1, -0.05) is 0 Å². The summed E-state index contributed by atoms with van der Waals surface area (Å²) in [4.78, 5) is 11.2. The zero-order valence-electron chi connectivity index (χ0n) is 9.74. The molecular weight excluding hydrogens is 218 g/mol. The van der Waals surface area contributed by atoms with E-state index in [-0.39, 0.29) is 0 Å². The maximum Gasteiger partial charge on any atom is 0.130 e. The van der Waals surface area contributed by atoms with Gasteiger partial charge in [-0.3, -0.25) is 0 Å². The third-order valence-corrected chi connectivity index (χ3v) is 3.21. The van der Waals surface area contributed by atoms with E-state index in [0.717, 1.165) is 23.9 Å². The van der Waals surface area contributed by atoms with E-state index in [1.165, 1.54) is 9.75 Å². The fraction of sp³-hybridized carbons (Fsp3) is 0.333. The molecule has 0 atom stereocenters. The second-order valence-electron chi connectivity index (χ2n) is 3.81. The predicted molar refractivity (Wildman–Crippen MR) is 67.9 cm³/mol. The average molecular weight is 233 g/mol. The monoisotopic (exact) mass is 233 g/mol. The molecule has 0 bridgehead atoms. The minimum absolute atomic E-state index is 0.810. The van der Waals surface area contributed by atoms with Crippen molar-refractivity contribution in [2.75, 3.05) is 5.32 Å². The zero-order valence-corrected chi connectivity index (χ0v) is 10.6. The van der Waals surface area contributed by atoms with Gasteiger partial charge in [-0.2, -0.15) is 0 Å². The maximum absolute atomic E-state index is 4.34. The number of rotatable bonds is 3. The summed E-state index contributed by atoms with van der Waals surface area (Å²) in [7, 11) is 0. The highest BCUT2D eigenvalue weighted by Crippen LogP contribution is 2.16. The van der Waals surface area contributed by atoms with Crippen LogP contribution in [0.2, 0.25) is 0 Å². The maximum atomic E-state index is 4.34. The molecule has 0 spiro atoms. The molecule has 0 aliphatic rings. The highest BCUT2D eigenvalue weighted by molar-refractivity contribution is 7.11. The second kappa shape index (κ2) is 4.61. The van der Waals surface area contributed by atoms with Crippen molar-refractivity contribution >= 4 is 17.2 Å². The van der Waals surface area contributed by atoms with Gasteiger partial charge in [0.05, 0.1) is 6.54 Å². The Bertz CT molecular complexity index is 471. The van der Waals surface area contributed by atoms with Crippen LogP contribution in [0, 0.1) is 20.8 Å². The van der Waals surface area contributed by atoms with Gasteiger partial charge in [0.25, 0.3) is 0 Å². The van der Waals surface area contributed by atoms with Crippen LogP contribution in [0.15, 0.2) is 18.2 Å². The number of aromatic nitrogens is 2. The number of nitrogens with zero attached hydrogens (tertiary/aromatic N) is 2. The minimum Gasteiger partial charge on any atom is -0.365 e. The Labute approximate surface area is 99.6 Å². The van der Waals surface area contributed by atoms with Crippen LogP contribution in [0.4, 0.5) is 5.82 Å². The summed E-state index contributed by atoms with van der Waals surface area (Å²) in [6, 6.07) is 6.25. The quantitative estimate of drug-likeness (QED) is 0.885. The Kier molecular flexibility index (Phi) is 3.19. The first-order valence-electron chi connectivity index (χ1n) is 5.25. The molecule has 84 valence electrons. The van der Waals surface area contributed by atoms with Gasteiger partial charge in [-0.15, -0.1) is 11.3 Å². The van der Waals surface area contributed by atoms with Crippen molar-refractivity contribution < 1.29 is 0 Å². The standard InChI is InChI=1S/C12H15N3S/c1-8-6-12(15-10(3)14-8)13-7-11-5-4-9(2)16-11/h4-6H,7H2,1-3H3,(H,13,14,15). The lowest BCUT2D eigenvalue weighted by Crippen LogP contribution is -2.02. The number of hydrogen-bond acceptors (Lipinski definition) is 4. The van der Waals surface area contributed by atoms with E-state index in [1.807, 2.05) is 31.3 Å². The molecule has 2 aromatic rings. The molecule has 0 saturated carbocycles. The fourth-order valence-electron chi connectivity index (χ4n) is 1.57. The lowest BCUT2D eigenvalue weighted by molar-refractivity contribution is 0.996. The Morgan fingerprint density at radius 2 is 2.00 bits per heavy atom. The highest BCUT2D eigenvalue weighted by atomic mass is 32.1. The van der Waals surface area contributed by atoms with Crippen LogP contribution in [-0.4, -0.2) is 9.97 Å². The van der Waals surface area contributed by atoms with E-state index in [9.17, 15) is 0 Å². The molecule has 0 radical (unpaired) electrons. The van der Waals surface area contributed by atoms with Gasteiger partial charge in [0, 0.05) is 21.5 Å². The second-order valence-corrected chi connectivity index (χ2v) is 5.18. The van der Waals surface area contributed by atoms with Crippen molar-refractivity contribution in [3.8, 4) is 0 Å². The number of anilines is 1. The van der Waals surface area contributed by atoms with Crippen LogP contribution in [0.5, 0.6) is 0 Å². The summed E-state index contributed by atoms with van der Waals surface area (Å²) in [5.74, 6) is 1.71. The number of thiophene rings is 1. The number of hydrogen-bond donors (Lipinski definition) is 1. The van der Waals surface area contributed by atoms with Gasteiger partial charge >= 0.3 is 0 Å². The van der Waals surface area contributed by atoms with E-state index in [0.29, 0.717) is 0 Å². The molecule has 2 rings (SSSR count). The van der Waals surface area contributed by atoms with E-state index < -0.39 is 0 Å². The van der Waals surface area contributed by atoms with Crippen molar-refractivity contribution in [2.45, 2.75) is 27.3 Å². The first kappa shape index (κ1) is 11.1. The first-order valence-corrected chi connectivity index (χ1v) is 6.06. The molecule has 4 heteroatoms. The highest BCUT2D eigenvalue weighted by Gasteiger charge is 2.00. The molecule has 0 aliphatic carbocycles. The summed E-state index contributed by atoms with van der Waals surface area (Å²) < 4.78 is 0. The van der Waals surface area contributed by atoms with E-state index in [1.54, 1.807) is 0 Å². The normalized spacial score (nSPS) is 10.4. The summed E-state index contributed by atoms with van der Waals surface area (Å²) >= 11 is 1.81. The molecule has 0 aromatic carbocycles. The van der Waals surface area contributed by atoms with E-state index in [2.05, 4.69) is 34.3 Å². The van der Waals surface area contributed by atoms with E-state index >= 15 is 0 Å². The number of nitrogens with one attached hydrogen (secondary N) is 1. The fourth-order valence-corrected chi connectivity index (χ4v) is 2.40. The Morgan fingerprint density at radius 3 is 2.62 bits per heavy atom. The molecule has 2 aromatic heterocycles. The van der Waals surface area contributed by atoms with Crippen LogP contribution in [0.1, 0.15) is 21.3 Å². The van der Waals surface area contributed by atoms with E-state index in [4.69, 9.17) is 0 Å². The molecular formula is C12H15N3S. The molecule has 1 N–H and O–H groups in total. The Hall–Kier alpha value is -1.42. The SMILES string of the molecule is Cc1cc(NCc2ccc(C)s2)nc(C)n1. The summed E-state index contributed by atoms with van der Waals surface area (Å²) in [5.41, 5.74) is 0.998. The summed E-state index contributed by atoms with van der Waals surface area (Å²) in [5, 5.41) is 3.32. The van der Waals surface area contributed by atoms with Crippen LogP contribution in [0.25, 0.3) is 0 Å². The molecule has 16 heavy (non-hydrogen) atoms. The van der Waals surface area contributed by atoms with Gasteiger partial charge in [-0.05, 0) is 32.9 Å². The summed E-state index contributed by atoms with van der Waals surface area (Å²) in [6.45, 7) is 6.84. The third-order valence-electron chi connectivity index (χ3n) is 2.21. The molecule has 0 amide bonds. The molecule has 3 nitrogen and oxygen atoms in total. The Morgan fingerprint density at radius 1 is 1.19 bits per heavy atom. The molecule has 0 saturated heterocycles. The predicted octanol–water partition coefficient (Wildman–Crippen LogP) is 3.08. The molecule has 0 unspecified atom stereocenters. The van der Waals surface area contributed by atoms with Gasteiger partial charge in [0.2, 0.25) is 0 Å². The van der Waals surface area contributed by atoms with Crippen molar-refractivity contribution in [3.63, 3.8) is 0 Å². The third kappa shape index (κ3) is 2.79. The molecule has 0 fully saturated rings. The average Bonchev–Trinajstić information content (AvgIpc) is 2.60. The zero-order chi connectivity index (χ0) is 11.5. The largest absolute Gasteiger partial charge is 0.365 e. The Balaban J connectivity index is 2.04. The van der Waals surface area contributed by atoms with Crippen molar-refractivity contribution in [3.05, 3.63) is 39.5 Å². The topological polar surface area (TPSA) is 37.8 Å². The minimum atomic E-state index is 0.810. The van der Waals surface area contributed by atoms with Crippen LogP contribution in [0.3, 0.4) is 0 Å². The van der Waals surface area contributed by atoms with Crippen molar-refractivity contribution in [2.24, 2.45) is 0 Å². The van der Waals surface area contributed by atoms with Crippen molar-refractivity contribution in [1.82, 2.24) is 9.97 Å². The van der Waals surface area contributed by atoms with Crippen LogP contribution < -0.4 is 5.32 Å².